The van der Waals surface area contributed by atoms with Crippen LogP contribution in [-0.4, -0.2) is 26.7 Å². The first-order valence-electron chi connectivity index (χ1n) is 6.15. The first kappa shape index (κ1) is 14.4. The maximum absolute atomic E-state index is 11.0. The Morgan fingerprint density at radius 2 is 2.30 bits per heavy atom. The van der Waals surface area contributed by atoms with E-state index in [1.807, 2.05) is 17.7 Å². The van der Waals surface area contributed by atoms with Gasteiger partial charge in [0.15, 0.2) is 0 Å². The summed E-state index contributed by atoms with van der Waals surface area (Å²) in [5, 5.41) is 9.03. The number of aromatic carboxylic acids is 1. The van der Waals surface area contributed by atoms with Crippen molar-refractivity contribution in [1.29, 1.82) is 0 Å². The van der Waals surface area contributed by atoms with Crippen molar-refractivity contribution >= 4 is 18.4 Å². The number of rotatable bonds is 2. The summed E-state index contributed by atoms with van der Waals surface area (Å²) in [5.41, 5.74) is 1.22. The molecule has 1 aliphatic heterocycles. The average Bonchev–Trinajstić information content (AvgIpc) is 2.91. The van der Waals surface area contributed by atoms with Crippen LogP contribution < -0.4 is 4.74 Å². The Labute approximate surface area is 122 Å². The highest BCUT2D eigenvalue weighted by Crippen LogP contribution is 2.33. The molecule has 2 unspecified atom stereocenters. The number of benzene rings is 1. The van der Waals surface area contributed by atoms with Gasteiger partial charge in [0.1, 0.15) is 11.9 Å². The second-order valence-corrected chi connectivity index (χ2v) is 4.73. The van der Waals surface area contributed by atoms with Crippen molar-refractivity contribution in [1.82, 2.24) is 9.55 Å². The van der Waals surface area contributed by atoms with Gasteiger partial charge in [-0.3, -0.25) is 0 Å². The van der Waals surface area contributed by atoms with Gasteiger partial charge in [-0.25, -0.2) is 9.78 Å². The standard InChI is InChI=1S/C14H14N2O3.ClH/c1-9-12(16-5-4-15-8-16)7-11-6-10(14(17)18)2-3-13(11)19-9;/h2-6,8-9,12H,7H2,1H3,(H,17,18);1H. The van der Waals surface area contributed by atoms with E-state index in [-0.39, 0.29) is 24.6 Å². The van der Waals surface area contributed by atoms with Gasteiger partial charge in [0, 0.05) is 18.8 Å². The Morgan fingerprint density at radius 1 is 1.50 bits per heavy atom. The molecule has 0 saturated carbocycles. The monoisotopic (exact) mass is 294 g/mol. The van der Waals surface area contributed by atoms with Crippen molar-refractivity contribution < 1.29 is 14.6 Å². The van der Waals surface area contributed by atoms with Gasteiger partial charge in [-0.05, 0) is 30.7 Å². The summed E-state index contributed by atoms with van der Waals surface area (Å²) < 4.78 is 7.86. The minimum atomic E-state index is -0.916. The number of halogens is 1. The zero-order valence-electron chi connectivity index (χ0n) is 10.9. The first-order chi connectivity index (χ1) is 9.15. The number of hydrogen-bond donors (Lipinski definition) is 1. The summed E-state index contributed by atoms with van der Waals surface area (Å²) in [6.45, 7) is 2.01. The molecule has 2 aromatic rings. The van der Waals surface area contributed by atoms with Crippen LogP contribution >= 0.6 is 12.4 Å². The van der Waals surface area contributed by atoms with E-state index in [4.69, 9.17) is 9.84 Å². The number of carbonyl (C=O) groups is 1. The van der Waals surface area contributed by atoms with E-state index in [0.29, 0.717) is 5.56 Å². The number of aromatic nitrogens is 2. The number of carboxylic acids is 1. The smallest absolute Gasteiger partial charge is 0.335 e. The minimum Gasteiger partial charge on any atom is -0.488 e. The number of imidazole rings is 1. The van der Waals surface area contributed by atoms with Crippen LogP contribution in [-0.2, 0) is 6.42 Å². The second kappa shape index (κ2) is 5.54. The minimum absolute atomic E-state index is 0. The molecule has 20 heavy (non-hydrogen) atoms. The van der Waals surface area contributed by atoms with E-state index in [0.717, 1.165) is 17.7 Å². The number of nitrogens with zero attached hydrogens (tertiary/aromatic N) is 2. The van der Waals surface area contributed by atoms with E-state index < -0.39 is 5.97 Å². The Morgan fingerprint density at radius 3 is 2.95 bits per heavy atom. The van der Waals surface area contributed by atoms with Crippen molar-refractivity contribution in [2.24, 2.45) is 0 Å². The normalized spacial score (nSPS) is 20.4. The zero-order valence-corrected chi connectivity index (χ0v) is 11.7. The molecular weight excluding hydrogens is 280 g/mol. The number of carboxylic acid groups (broad SMARTS) is 1. The predicted molar refractivity (Wildman–Crippen MR) is 75.7 cm³/mol. The van der Waals surface area contributed by atoms with Crippen molar-refractivity contribution in [3.8, 4) is 5.75 Å². The lowest BCUT2D eigenvalue weighted by Crippen LogP contribution is -2.32. The third-order valence-corrected chi connectivity index (χ3v) is 3.50. The van der Waals surface area contributed by atoms with E-state index in [1.54, 1.807) is 30.7 Å². The number of ether oxygens (including phenoxy) is 1. The fraction of sp³-hybridized carbons (Fsp3) is 0.286. The van der Waals surface area contributed by atoms with Crippen molar-refractivity contribution in [2.45, 2.75) is 25.5 Å². The van der Waals surface area contributed by atoms with Crippen LogP contribution in [0.3, 0.4) is 0 Å². The van der Waals surface area contributed by atoms with Gasteiger partial charge in [0.05, 0.1) is 17.9 Å². The molecule has 6 heteroatoms. The molecule has 3 rings (SSSR count). The quantitative estimate of drug-likeness (QED) is 0.924. The summed E-state index contributed by atoms with van der Waals surface area (Å²) in [6, 6.07) is 5.14. The Balaban J connectivity index is 0.00000147. The van der Waals surface area contributed by atoms with Crippen molar-refractivity contribution in [2.75, 3.05) is 0 Å². The van der Waals surface area contributed by atoms with E-state index in [9.17, 15) is 4.79 Å². The number of hydrogen-bond acceptors (Lipinski definition) is 3. The van der Waals surface area contributed by atoms with Crippen LogP contribution in [0.2, 0.25) is 0 Å². The summed E-state index contributed by atoms with van der Waals surface area (Å²) in [5.74, 6) is -0.144. The lowest BCUT2D eigenvalue weighted by Gasteiger charge is -2.32. The molecule has 0 saturated heterocycles. The van der Waals surface area contributed by atoms with Gasteiger partial charge in [0.2, 0.25) is 0 Å². The molecule has 1 aromatic carbocycles. The molecule has 0 aliphatic carbocycles. The molecule has 1 aromatic heterocycles. The fourth-order valence-electron chi connectivity index (χ4n) is 2.47. The Kier molecular flexibility index (Phi) is 3.99. The van der Waals surface area contributed by atoms with Crippen LogP contribution in [0, 0.1) is 0 Å². The van der Waals surface area contributed by atoms with Crippen LogP contribution in [0.1, 0.15) is 28.9 Å². The molecule has 0 bridgehead atoms. The maximum Gasteiger partial charge on any atom is 0.335 e. The van der Waals surface area contributed by atoms with Crippen LogP contribution in [0.25, 0.3) is 0 Å². The second-order valence-electron chi connectivity index (χ2n) is 4.73. The predicted octanol–water partition coefficient (Wildman–Crippen LogP) is 2.57. The van der Waals surface area contributed by atoms with Crippen molar-refractivity contribution in [3.05, 3.63) is 48.0 Å². The zero-order chi connectivity index (χ0) is 13.4. The van der Waals surface area contributed by atoms with Crippen LogP contribution in [0.5, 0.6) is 5.75 Å². The topological polar surface area (TPSA) is 64.3 Å². The molecule has 5 nitrogen and oxygen atoms in total. The van der Waals surface area contributed by atoms with Crippen molar-refractivity contribution in [3.63, 3.8) is 0 Å². The van der Waals surface area contributed by atoms with E-state index in [1.165, 1.54) is 0 Å². The van der Waals surface area contributed by atoms with Gasteiger partial charge in [-0.1, -0.05) is 0 Å². The van der Waals surface area contributed by atoms with Gasteiger partial charge in [-0.2, -0.15) is 0 Å². The summed E-state index contributed by atoms with van der Waals surface area (Å²) in [6.07, 6.45) is 6.16. The first-order valence-corrected chi connectivity index (χ1v) is 6.15. The summed E-state index contributed by atoms with van der Waals surface area (Å²) >= 11 is 0. The van der Waals surface area contributed by atoms with Gasteiger partial charge < -0.3 is 14.4 Å². The number of fused-ring (bicyclic) bond motifs is 1. The fourth-order valence-corrected chi connectivity index (χ4v) is 2.47. The maximum atomic E-state index is 11.0. The van der Waals surface area contributed by atoms with Crippen LogP contribution in [0.4, 0.5) is 0 Å². The summed E-state index contributed by atoms with van der Waals surface area (Å²) in [4.78, 5) is 15.1. The third-order valence-electron chi connectivity index (χ3n) is 3.50. The van der Waals surface area contributed by atoms with E-state index in [2.05, 4.69) is 4.98 Å². The molecule has 0 fully saturated rings. The summed E-state index contributed by atoms with van der Waals surface area (Å²) in [7, 11) is 0. The average molecular weight is 295 g/mol. The highest BCUT2D eigenvalue weighted by molar-refractivity contribution is 5.88. The lowest BCUT2D eigenvalue weighted by atomic mass is 9.96. The van der Waals surface area contributed by atoms with Gasteiger partial charge >= 0.3 is 5.97 Å². The lowest BCUT2D eigenvalue weighted by molar-refractivity contribution is 0.0696. The molecule has 2 atom stereocenters. The molecule has 0 amide bonds. The molecule has 2 heterocycles. The highest BCUT2D eigenvalue weighted by atomic mass is 35.5. The molecule has 1 aliphatic rings. The Bertz CT molecular complexity index is 613. The molecule has 0 spiro atoms. The largest absolute Gasteiger partial charge is 0.488 e. The molecule has 0 radical (unpaired) electrons. The van der Waals surface area contributed by atoms with Gasteiger partial charge in [-0.15, -0.1) is 12.4 Å². The Hall–Kier alpha value is -2.01. The molecular formula is C14H15ClN2O3. The SMILES string of the molecule is CC1Oc2ccc(C(=O)O)cc2CC1n1ccnc1.Cl. The molecule has 106 valence electrons. The van der Waals surface area contributed by atoms with Gasteiger partial charge in [0.25, 0.3) is 0 Å². The highest BCUT2D eigenvalue weighted by Gasteiger charge is 2.28. The molecule has 1 N–H and O–H groups in total. The van der Waals surface area contributed by atoms with Crippen LogP contribution in [0.15, 0.2) is 36.9 Å². The third kappa shape index (κ3) is 2.49. The van der Waals surface area contributed by atoms with E-state index >= 15 is 0 Å².